The highest BCUT2D eigenvalue weighted by Gasteiger charge is 2.33. The maximum Gasteiger partial charge on any atom is 0.434 e. The van der Waals surface area contributed by atoms with E-state index in [-0.39, 0.29) is 10.9 Å². The van der Waals surface area contributed by atoms with Gasteiger partial charge in [-0.25, -0.2) is 23.9 Å². The number of rotatable bonds is 6. The Morgan fingerprint density at radius 2 is 1.85 bits per heavy atom. The molecule has 3 N–H and O–H groups in total. The van der Waals surface area contributed by atoms with E-state index in [2.05, 4.69) is 30.3 Å². The smallest absolute Gasteiger partial charge is 0.340 e. The summed E-state index contributed by atoms with van der Waals surface area (Å²) >= 11 is 0.825. The van der Waals surface area contributed by atoms with Crippen LogP contribution in [0.4, 0.5) is 35.6 Å². The Labute approximate surface area is 158 Å². The van der Waals surface area contributed by atoms with E-state index in [1.165, 1.54) is 12.4 Å². The molecule has 7 nitrogen and oxygen atoms in total. The molecule has 0 fully saturated rings. The first-order valence-electron chi connectivity index (χ1n) is 7.43. The first kappa shape index (κ1) is 19.2. The summed E-state index contributed by atoms with van der Waals surface area (Å²) in [4.78, 5) is 12.1. The van der Waals surface area contributed by atoms with Crippen molar-refractivity contribution in [1.82, 2.24) is 19.7 Å². The van der Waals surface area contributed by atoms with Gasteiger partial charge in [0.25, 0.3) is 0 Å². The fourth-order valence-corrected chi connectivity index (χ4v) is 3.42. The highest BCUT2D eigenvalue weighted by atomic mass is 32.2. The van der Waals surface area contributed by atoms with E-state index in [0.29, 0.717) is 16.4 Å². The van der Waals surface area contributed by atoms with Gasteiger partial charge in [0.05, 0.1) is 4.90 Å². The molecule has 0 saturated carbocycles. The molecule has 0 saturated heterocycles. The molecule has 2 heterocycles. The van der Waals surface area contributed by atoms with Crippen molar-refractivity contribution in [3.63, 3.8) is 0 Å². The van der Waals surface area contributed by atoms with Gasteiger partial charge in [0, 0.05) is 17.1 Å². The molecule has 0 radical (unpaired) electrons. The minimum absolute atomic E-state index is 0.0680. The minimum Gasteiger partial charge on any atom is -0.340 e. The molecule has 0 spiro atoms. The number of aromatic nitrogens is 3. The van der Waals surface area contributed by atoms with Crippen LogP contribution in [0.5, 0.6) is 0 Å². The topological polar surface area (TPSA) is 91.8 Å². The van der Waals surface area contributed by atoms with Gasteiger partial charge in [-0.05, 0) is 25.2 Å². The summed E-state index contributed by atoms with van der Waals surface area (Å²) in [7, 11) is 0.256. The second kappa shape index (κ2) is 7.98. The third kappa shape index (κ3) is 4.99. The van der Waals surface area contributed by atoms with Gasteiger partial charge < -0.3 is 10.6 Å². The lowest BCUT2D eigenvalue weighted by molar-refractivity contribution is -0.140. The van der Waals surface area contributed by atoms with Crippen molar-refractivity contribution in [2.24, 2.45) is 0 Å². The quantitative estimate of drug-likeness (QED) is 0.570. The van der Waals surface area contributed by atoms with E-state index >= 15 is 0 Å². The Morgan fingerprint density at radius 3 is 2.52 bits per heavy atom. The molecule has 3 rings (SSSR count). The number of benzene rings is 1. The summed E-state index contributed by atoms with van der Waals surface area (Å²) in [6.07, 6.45) is -3.23. The van der Waals surface area contributed by atoms with Crippen LogP contribution in [-0.4, -0.2) is 26.2 Å². The van der Waals surface area contributed by atoms with Crippen LogP contribution < -0.4 is 15.4 Å². The Kier molecular flexibility index (Phi) is 5.68. The van der Waals surface area contributed by atoms with Crippen molar-refractivity contribution in [1.29, 1.82) is 0 Å². The van der Waals surface area contributed by atoms with Crippen LogP contribution in [0.1, 0.15) is 5.69 Å². The zero-order chi connectivity index (χ0) is 19.4. The van der Waals surface area contributed by atoms with Gasteiger partial charge in [0.1, 0.15) is 28.9 Å². The summed E-state index contributed by atoms with van der Waals surface area (Å²) < 4.78 is 52.3. The molecular formula is C15H13F3N6OS2. The molecule has 27 heavy (non-hydrogen) atoms. The van der Waals surface area contributed by atoms with E-state index in [4.69, 9.17) is 0 Å². The Bertz CT molecular complexity index is 962. The SMILES string of the molecule is CNS(=O)c1cccc(Nc2cc(Nc3nc(C(F)(F)F)cs3)ncn2)c1. The van der Waals surface area contributed by atoms with Crippen LogP contribution in [0.2, 0.25) is 0 Å². The third-order valence-corrected chi connectivity index (χ3v) is 5.01. The normalized spacial score (nSPS) is 12.6. The average molecular weight is 414 g/mol. The van der Waals surface area contributed by atoms with Crippen LogP contribution >= 0.6 is 11.3 Å². The predicted octanol–water partition coefficient (Wildman–Crippen LogP) is 3.68. The van der Waals surface area contributed by atoms with E-state index in [1.54, 1.807) is 31.3 Å². The molecule has 0 aliphatic rings. The van der Waals surface area contributed by atoms with Crippen LogP contribution in [0.3, 0.4) is 0 Å². The van der Waals surface area contributed by atoms with Gasteiger partial charge >= 0.3 is 6.18 Å². The Morgan fingerprint density at radius 1 is 1.11 bits per heavy atom. The summed E-state index contributed by atoms with van der Waals surface area (Å²) in [5, 5.41) is 6.74. The number of alkyl halides is 3. The fourth-order valence-electron chi connectivity index (χ4n) is 2.02. The molecule has 142 valence electrons. The third-order valence-electron chi connectivity index (χ3n) is 3.20. The molecule has 1 aromatic carbocycles. The second-order valence-electron chi connectivity index (χ2n) is 5.07. The van der Waals surface area contributed by atoms with E-state index in [9.17, 15) is 17.4 Å². The predicted molar refractivity (Wildman–Crippen MR) is 97.6 cm³/mol. The lowest BCUT2D eigenvalue weighted by Crippen LogP contribution is -2.10. The zero-order valence-corrected chi connectivity index (χ0v) is 15.4. The molecule has 0 aliphatic carbocycles. The van der Waals surface area contributed by atoms with Crippen molar-refractivity contribution < 1.29 is 17.4 Å². The Balaban J connectivity index is 1.74. The number of nitrogens with zero attached hydrogens (tertiary/aromatic N) is 3. The number of anilines is 4. The molecule has 0 aliphatic heterocycles. The van der Waals surface area contributed by atoms with Gasteiger partial charge in [-0.15, -0.1) is 11.3 Å². The molecule has 1 unspecified atom stereocenters. The molecule has 12 heteroatoms. The average Bonchev–Trinajstić information content (AvgIpc) is 3.10. The largest absolute Gasteiger partial charge is 0.434 e. The molecular weight excluding hydrogens is 401 g/mol. The Hall–Kier alpha value is -2.57. The van der Waals surface area contributed by atoms with E-state index < -0.39 is 22.9 Å². The molecule has 0 amide bonds. The number of thiazole rings is 1. The van der Waals surface area contributed by atoms with Crippen LogP contribution in [0, 0.1) is 0 Å². The summed E-state index contributed by atoms with van der Waals surface area (Å²) in [6.45, 7) is 0. The summed E-state index contributed by atoms with van der Waals surface area (Å²) in [6, 6.07) is 8.43. The summed E-state index contributed by atoms with van der Waals surface area (Å²) in [5.74, 6) is 0.693. The van der Waals surface area contributed by atoms with Gasteiger partial charge in [-0.1, -0.05) is 6.07 Å². The van der Waals surface area contributed by atoms with Crippen molar-refractivity contribution in [3.8, 4) is 0 Å². The lowest BCUT2D eigenvalue weighted by Gasteiger charge is -2.09. The highest BCUT2D eigenvalue weighted by molar-refractivity contribution is 7.83. The monoisotopic (exact) mass is 414 g/mol. The molecule has 3 aromatic rings. The van der Waals surface area contributed by atoms with Crippen molar-refractivity contribution in [3.05, 3.63) is 47.7 Å². The number of nitrogens with one attached hydrogen (secondary N) is 3. The second-order valence-corrected chi connectivity index (χ2v) is 7.35. The minimum atomic E-state index is -4.49. The standard InChI is InChI=1S/C15H13F3N6OS2/c1-19-27(25)10-4-2-3-9(5-10)22-12-6-13(21-8-20-12)24-14-23-11(7-26-14)15(16,17)18/h2-8,19H,1H3,(H2,20,21,22,23,24). The van der Waals surface area contributed by atoms with Crippen LogP contribution in [0.25, 0.3) is 0 Å². The van der Waals surface area contributed by atoms with Crippen molar-refractivity contribution in [2.75, 3.05) is 17.7 Å². The first-order chi connectivity index (χ1) is 12.8. The zero-order valence-electron chi connectivity index (χ0n) is 13.7. The van der Waals surface area contributed by atoms with Gasteiger partial charge in [-0.2, -0.15) is 13.2 Å². The van der Waals surface area contributed by atoms with Gasteiger partial charge in [0.2, 0.25) is 0 Å². The van der Waals surface area contributed by atoms with Crippen LogP contribution in [0.15, 0.2) is 46.9 Å². The van der Waals surface area contributed by atoms with E-state index in [0.717, 1.165) is 16.7 Å². The summed E-state index contributed by atoms with van der Waals surface area (Å²) in [5.41, 5.74) is -0.314. The van der Waals surface area contributed by atoms with Crippen molar-refractivity contribution >= 4 is 44.8 Å². The highest BCUT2D eigenvalue weighted by Crippen LogP contribution is 2.32. The number of hydrogen-bond acceptors (Lipinski definition) is 7. The number of hydrogen-bond donors (Lipinski definition) is 3. The molecule has 2 aromatic heterocycles. The first-order valence-corrected chi connectivity index (χ1v) is 9.46. The molecule has 0 bridgehead atoms. The maximum atomic E-state index is 12.6. The number of halogens is 3. The van der Waals surface area contributed by atoms with Gasteiger partial charge in [-0.3, -0.25) is 0 Å². The van der Waals surface area contributed by atoms with E-state index in [1.807, 2.05) is 0 Å². The van der Waals surface area contributed by atoms with Gasteiger partial charge in [0.15, 0.2) is 10.8 Å². The van der Waals surface area contributed by atoms with Crippen LogP contribution in [-0.2, 0) is 17.2 Å². The lowest BCUT2D eigenvalue weighted by atomic mass is 10.3. The molecule has 1 atom stereocenters. The van der Waals surface area contributed by atoms with Crippen molar-refractivity contribution in [2.45, 2.75) is 11.1 Å². The fraction of sp³-hybridized carbons (Fsp3) is 0.133. The maximum absolute atomic E-state index is 12.6.